The molecule has 2 atom stereocenters. The van der Waals surface area contributed by atoms with Gasteiger partial charge in [-0.1, -0.05) is 0 Å². The van der Waals surface area contributed by atoms with Crippen molar-refractivity contribution in [2.45, 2.75) is 23.5 Å². The van der Waals surface area contributed by atoms with E-state index in [-0.39, 0.29) is 0 Å². The number of pyridine rings is 1. The quantitative estimate of drug-likeness (QED) is 0.589. The monoisotopic (exact) mass is 307 g/mol. The van der Waals surface area contributed by atoms with Crippen molar-refractivity contribution in [3.63, 3.8) is 0 Å². The Balaban J connectivity index is 2.48. The van der Waals surface area contributed by atoms with E-state index < -0.39 is 35.1 Å². The molecule has 0 saturated heterocycles. The summed E-state index contributed by atoms with van der Waals surface area (Å²) in [4.78, 5) is 3.36. The number of rotatable bonds is 1. The van der Waals surface area contributed by atoms with E-state index in [1.165, 1.54) is 6.07 Å². The highest BCUT2D eigenvalue weighted by Gasteiger charge is 2.74. The molecular weight excluding hydrogens is 304 g/mol. The van der Waals surface area contributed by atoms with E-state index in [9.17, 15) is 26.3 Å². The van der Waals surface area contributed by atoms with Crippen LogP contribution < -0.4 is 9.47 Å². The first-order chi connectivity index (χ1) is 8.58. The zero-order valence-electron chi connectivity index (χ0n) is 8.72. The lowest BCUT2D eigenvalue weighted by Gasteiger charge is -2.33. The second-order valence-electron chi connectivity index (χ2n) is 3.58. The topological polar surface area (TPSA) is 31.4 Å². The molecule has 3 nitrogen and oxygen atoms in total. The third kappa shape index (κ3) is 2.15. The van der Waals surface area contributed by atoms with Crippen molar-refractivity contribution in [2.24, 2.45) is 0 Å². The fraction of sp³-hybridized carbons (Fsp3) is 0.444. The summed E-state index contributed by atoms with van der Waals surface area (Å²) in [6.45, 7) is 0. The number of alkyl halides is 7. The first kappa shape index (κ1) is 14.0. The smallest absolute Gasteiger partial charge is 0.437 e. The van der Waals surface area contributed by atoms with Crippen LogP contribution in [0, 0.1) is 0 Å². The molecule has 1 aliphatic heterocycles. The van der Waals surface area contributed by atoms with Gasteiger partial charge in [0.2, 0.25) is 5.38 Å². The van der Waals surface area contributed by atoms with Crippen LogP contribution in [0.5, 0.6) is 11.6 Å². The minimum atomic E-state index is -5.50. The molecule has 2 unspecified atom stereocenters. The molecule has 0 aliphatic carbocycles. The Morgan fingerprint density at radius 3 is 2.26 bits per heavy atom. The average molecular weight is 308 g/mol. The van der Waals surface area contributed by atoms with Crippen LogP contribution in [-0.2, 0) is 0 Å². The molecule has 106 valence electrons. The summed E-state index contributed by atoms with van der Waals surface area (Å²) in [6, 6.07) is 2.18. The second kappa shape index (κ2) is 4.06. The minimum Gasteiger partial charge on any atom is -0.437 e. The van der Waals surface area contributed by atoms with Crippen LogP contribution in [0.25, 0.3) is 0 Å². The van der Waals surface area contributed by atoms with Gasteiger partial charge >= 0.3 is 18.1 Å². The molecule has 0 bridgehead atoms. The zero-order chi connectivity index (χ0) is 14.5. The number of aromatic nitrogens is 1. The highest BCUT2D eigenvalue weighted by atomic mass is 35.5. The SMILES string of the molecule is FC(F)(F)C(Cl)C1(C(F)(F)F)Oc2cccnc2O1. The molecule has 2 rings (SSSR count). The van der Waals surface area contributed by atoms with Crippen LogP contribution in [-0.4, -0.2) is 28.5 Å². The summed E-state index contributed by atoms with van der Waals surface area (Å²) in [5, 5.41) is -3.44. The van der Waals surface area contributed by atoms with Gasteiger partial charge in [-0.15, -0.1) is 11.6 Å². The summed E-state index contributed by atoms with van der Waals surface area (Å²) in [5.74, 6) is -5.30. The Labute approximate surface area is 107 Å². The van der Waals surface area contributed by atoms with Gasteiger partial charge in [0, 0.05) is 6.20 Å². The highest BCUT2D eigenvalue weighted by Crippen LogP contribution is 2.51. The second-order valence-corrected chi connectivity index (χ2v) is 4.02. The molecule has 0 N–H and O–H groups in total. The van der Waals surface area contributed by atoms with Crippen molar-refractivity contribution in [1.82, 2.24) is 4.98 Å². The van der Waals surface area contributed by atoms with Gasteiger partial charge in [-0.05, 0) is 12.1 Å². The van der Waals surface area contributed by atoms with Crippen LogP contribution in [0.3, 0.4) is 0 Å². The van der Waals surface area contributed by atoms with E-state index in [0.29, 0.717) is 0 Å². The Kier molecular flexibility index (Phi) is 3.00. The molecule has 1 aromatic heterocycles. The third-order valence-corrected chi connectivity index (χ3v) is 2.80. The molecule has 1 aliphatic rings. The maximum absolute atomic E-state index is 12.9. The van der Waals surface area contributed by atoms with E-state index >= 15 is 0 Å². The van der Waals surface area contributed by atoms with Gasteiger partial charge in [-0.2, -0.15) is 26.3 Å². The first-order valence-corrected chi connectivity index (χ1v) is 5.12. The van der Waals surface area contributed by atoms with Gasteiger partial charge in [-0.3, -0.25) is 0 Å². The molecule has 1 aromatic rings. The van der Waals surface area contributed by atoms with Crippen LogP contribution in [0.15, 0.2) is 18.3 Å². The Bertz CT molecular complexity index is 463. The maximum atomic E-state index is 12.9. The number of hydrogen-bond donors (Lipinski definition) is 0. The fourth-order valence-electron chi connectivity index (χ4n) is 1.44. The lowest BCUT2D eigenvalue weighted by atomic mass is 10.1. The fourth-order valence-corrected chi connectivity index (χ4v) is 1.65. The van der Waals surface area contributed by atoms with Crippen LogP contribution in [0.4, 0.5) is 26.3 Å². The van der Waals surface area contributed by atoms with Crippen molar-refractivity contribution in [3.05, 3.63) is 18.3 Å². The lowest BCUT2D eigenvalue weighted by molar-refractivity contribution is -0.335. The average Bonchev–Trinajstić information content (AvgIpc) is 2.66. The number of nitrogens with zero attached hydrogens (tertiary/aromatic N) is 1. The van der Waals surface area contributed by atoms with Crippen molar-refractivity contribution in [1.29, 1.82) is 0 Å². The van der Waals surface area contributed by atoms with Crippen LogP contribution in [0.1, 0.15) is 0 Å². The third-order valence-electron chi connectivity index (χ3n) is 2.26. The molecular formula is C9H4ClF6NO2. The van der Waals surface area contributed by atoms with Crippen molar-refractivity contribution >= 4 is 11.6 Å². The minimum absolute atomic E-state index is 0.560. The molecule has 0 fully saturated rings. The molecule has 0 spiro atoms. The molecule has 19 heavy (non-hydrogen) atoms. The number of ether oxygens (including phenoxy) is 2. The van der Waals surface area contributed by atoms with Crippen molar-refractivity contribution < 1.29 is 35.8 Å². The Morgan fingerprint density at radius 1 is 1.16 bits per heavy atom. The van der Waals surface area contributed by atoms with E-state index in [2.05, 4.69) is 14.5 Å². The van der Waals surface area contributed by atoms with Crippen molar-refractivity contribution in [2.75, 3.05) is 0 Å². The lowest BCUT2D eigenvalue weighted by Crippen LogP contribution is -2.63. The van der Waals surface area contributed by atoms with E-state index in [0.717, 1.165) is 12.3 Å². The summed E-state index contributed by atoms with van der Waals surface area (Å²) >= 11 is 4.87. The maximum Gasteiger partial charge on any atom is 0.470 e. The number of fused-ring (bicyclic) bond motifs is 1. The van der Waals surface area contributed by atoms with Gasteiger partial charge < -0.3 is 9.47 Å². The molecule has 0 saturated carbocycles. The van der Waals surface area contributed by atoms with Gasteiger partial charge in [0.1, 0.15) is 0 Å². The largest absolute Gasteiger partial charge is 0.470 e. The molecule has 2 heterocycles. The van der Waals surface area contributed by atoms with Gasteiger partial charge in [0.15, 0.2) is 5.75 Å². The van der Waals surface area contributed by atoms with E-state index in [1.54, 1.807) is 0 Å². The van der Waals surface area contributed by atoms with Gasteiger partial charge in [0.25, 0.3) is 5.88 Å². The predicted molar refractivity (Wildman–Crippen MR) is 50.0 cm³/mol. The predicted octanol–water partition coefficient (Wildman–Crippen LogP) is 3.28. The standard InChI is InChI=1S/C9H4ClF6NO2/c10-6(8(11,12)13)7(9(14,15)16)18-4-2-1-3-17-5(4)19-7/h1-3,6H. The Morgan fingerprint density at radius 2 is 1.79 bits per heavy atom. The number of halogens is 7. The summed E-state index contributed by atoms with van der Waals surface area (Å²) in [7, 11) is 0. The van der Waals surface area contributed by atoms with Crippen LogP contribution in [0.2, 0.25) is 0 Å². The molecule has 0 radical (unpaired) electrons. The van der Waals surface area contributed by atoms with Gasteiger partial charge in [0.05, 0.1) is 0 Å². The highest BCUT2D eigenvalue weighted by molar-refractivity contribution is 6.22. The first-order valence-electron chi connectivity index (χ1n) is 4.68. The van der Waals surface area contributed by atoms with E-state index in [4.69, 9.17) is 11.6 Å². The molecule has 0 aromatic carbocycles. The summed E-state index contributed by atoms with van der Waals surface area (Å²) in [5.41, 5.74) is 0. The van der Waals surface area contributed by atoms with Crippen LogP contribution >= 0.6 is 11.6 Å². The normalized spacial score (nSPS) is 24.4. The zero-order valence-corrected chi connectivity index (χ0v) is 9.47. The van der Waals surface area contributed by atoms with E-state index in [1.807, 2.05) is 0 Å². The number of hydrogen-bond acceptors (Lipinski definition) is 3. The summed E-state index contributed by atoms with van der Waals surface area (Å²) in [6.07, 6.45) is -9.83. The summed E-state index contributed by atoms with van der Waals surface area (Å²) < 4.78 is 84.7. The molecule has 0 amide bonds. The Hall–Kier alpha value is -1.38. The van der Waals surface area contributed by atoms with Crippen molar-refractivity contribution in [3.8, 4) is 11.6 Å². The van der Waals surface area contributed by atoms with Gasteiger partial charge in [-0.25, -0.2) is 4.98 Å². The molecule has 10 heteroatoms.